The lowest BCUT2D eigenvalue weighted by Gasteiger charge is -2.07. The number of rotatable bonds is 6. The zero-order valence-electron chi connectivity index (χ0n) is 11.2. The van der Waals surface area contributed by atoms with E-state index in [9.17, 15) is 4.79 Å². The molecule has 0 aliphatic rings. The van der Waals surface area contributed by atoms with Crippen molar-refractivity contribution in [3.63, 3.8) is 0 Å². The third-order valence-electron chi connectivity index (χ3n) is 2.79. The van der Waals surface area contributed by atoms with Gasteiger partial charge in [-0.2, -0.15) is 4.99 Å². The van der Waals surface area contributed by atoms with Gasteiger partial charge in [0.2, 0.25) is 6.08 Å². The summed E-state index contributed by atoms with van der Waals surface area (Å²) in [6, 6.07) is 14.9. The first kappa shape index (κ1) is 13.8. The number of isocyanates is 1. The zero-order valence-corrected chi connectivity index (χ0v) is 11.2. The van der Waals surface area contributed by atoms with Gasteiger partial charge in [0.1, 0.15) is 11.5 Å². The van der Waals surface area contributed by atoms with Crippen molar-refractivity contribution in [3.8, 4) is 11.5 Å². The summed E-state index contributed by atoms with van der Waals surface area (Å²) in [5.41, 5.74) is 1.69. The van der Waals surface area contributed by atoms with E-state index in [-0.39, 0.29) is 0 Å². The lowest BCUT2D eigenvalue weighted by atomic mass is 10.1. The van der Waals surface area contributed by atoms with E-state index in [1.165, 1.54) is 6.08 Å². The molecule has 2 aromatic carbocycles. The Bertz CT molecular complexity index is 619. The maximum Gasteiger partial charge on any atom is 0.240 e. The summed E-state index contributed by atoms with van der Waals surface area (Å²) in [6.45, 7) is 0.543. The van der Waals surface area contributed by atoms with Crippen LogP contribution in [0.25, 0.3) is 0 Å². The molecule has 0 spiro atoms. The van der Waals surface area contributed by atoms with E-state index in [2.05, 4.69) is 4.99 Å². The van der Waals surface area contributed by atoms with E-state index in [0.29, 0.717) is 18.0 Å². The fourth-order valence-corrected chi connectivity index (χ4v) is 1.81. The maximum absolute atomic E-state index is 10.2. The Kier molecular flexibility index (Phi) is 4.93. The molecule has 0 fully saturated rings. The van der Waals surface area contributed by atoms with Crippen LogP contribution >= 0.6 is 0 Å². The number of methoxy groups -OCH3 is 1. The predicted molar refractivity (Wildman–Crippen MR) is 76.4 cm³/mol. The van der Waals surface area contributed by atoms with Gasteiger partial charge in [0.15, 0.2) is 0 Å². The predicted octanol–water partition coefficient (Wildman–Crippen LogP) is 3.28. The molecule has 4 heteroatoms. The molecule has 0 radical (unpaired) electrons. The highest BCUT2D eigenvalue weighted by molar-refractivity contribution is 5.51. The number of carbonyl (C=O) groups excluding carboxylic acids is 1. The number of hydrogen-bond acceptors (Lipinski definition) is 4. The molecule has 0 N–H and O–H groups in total. The molecule has 4 nitrogen and oxygen atoms in total. The zero-order chi connectivity index (χ0) is 14.2. The second-order valence-electron chi connectivity index (χ2n) is 4.15. The fourth-order valence-electron chi connectivity index (χ4n) is 1.81. The molecule has 102 valence electrons. The van der Waals surface area contributed by atoms with Gasteiger partial charge in [0, 0.05) is 12.5 Å². The monoisotopic (exact) mass is 269 g/mol. The van der Waals surface area contributed by atoms with Crippen molar-refractivity contribution in [3.05, 3.63) is 54.1 Å². The summed E-state index contributed by atoms with van der Waals surface area (Å²) in [6.07, 6.45) is 2.29. The van der Waals surface area contributed by atoms with Crippen molar-refractivity contribution in [2.75, 3.05) is 13.7 Å². The highest BCUT2D eigenvalue weighted by Gasteiger charge is 1.99. The van der Waals surface area contributed by atoms with Crippen LogP contribution < -0.4 is 9.47 Å². The summed E-state index contributed by atoms with van der Waals surface area (Å²) in [5.74, 6) is 1.52. The smallest absolute Gasteiger partial charge is 0.240 e. The Morgan fingerprint density at radius 2 is 1.90 bits per heavy atom. The second-order valence-corrected chi connectivity index (χ2v) is 4.15. The average Bonchev–Trinajstić information content (AvgIpc) is 2.48. The Morgan fingerprint density at radius 3 is 2.70 bits per heavy atom. The first-order valence-electron chi connectivity index (χ1n) is 6.25. The molecular formula is C16H15NO3. The second kappa shape index (κ2) is 7.12. The number of hydrogen-bond donors (Lipinski definition) is 0. The SMILES string of the molecule is COc1cccc(CCOc2cccc(N=C=O)c2)c1. The van der Waals surface area contributed by atoms with E-state index < -0.39 is 0 Å². The quantitative estimate of drug-likeness (QED) is 0.597. The summed E-state index contributed by atoms with van der Waals surface area (Å²) >= 11 is 0. The van der Waals surface area contributed by atoms with Gasteiger partial charge in [0.05, 0.1) is 19.4 Å². The van der Waals surface area contributed by atoms with Gasteiger partial charge in [-0.3, -0.25) is 0 Å². The molecule has 20 heavy (non-hydrogen) atoms. The number of nitrogens with zero attached hydrogens (tertiary/aromatic N) is 1. The molecule has 0 saturated carbocycles. The maximum atomic E-state index is 10.2. The van der Waals surface area contributed by atoms with Crippen molar-refractivity contribution in [2.24, 2.45) is 4.99 Å². The number of benzene rings is 2. The molecule has 0 bridgehead atoms. The van der Waals surface area contributed by atoms with Crippen LogP contribution in [0.15, 0.2) is 53.5 Å². The molecule has 0 unspecified atom stereocenters. The highest BCUT2D eigenvalue weighted by atomic mass is 16.5. The Morgan fingerprint density at radius 1 is 1.10 bits per heavy atom. The number of aliphatic imine (C=N–C) groups is 1. The molecule has 0 aromatic heterocycles. The van der Waals surface area contributed by atoms with E-state index in [1.54, 1.807) is 25.3 Å². The highest BCUT2D eigenvalue weighted by Crippen LogP contribution is 2.20. The van der Waals surface area contributed by atoms with Gasteiger partial charge in [-0.05, 0) is 29.8 Å². The van der Waals surface area contributed by atoms with E-state index >= 15 is 0 Å². The van der Waals surface area contributed by atoms with E-state index in [1.807, 2.05) is 30.3 Å². The van der Waals surface area contributed by atoms with E-state index in [4.69, 9.17) is 9.47 Å². The molecule has 0 amide bonds. The van der Waals surface area contributed by atoms with Crippen LogP contribution in [-0.4, -0.2) is 19.8 Å². The Labute approximate surface area is 117 Å². The summed E-state index contributed by atoms with van der Waals surface area (Å²) < 4.78 is 10.8. The average molecular weight is 269 g/mol. The fraction of sp³-hybridized carbons (Fsp3) is 0.188. The first-order valence-corrected chi connectivity index (χ1v) is 6.25. The minimum Gasteiger partial charge on any atom is -0.497 e. The lowest BCUT2D eigenvalue weighted by Crippen LogP contribution is -2.01. The van der Waals surface area contributed by atoms with Crippen LogP contribution in [0, 0.1) is 0 Å². The van der Waals surface area contributed by atoms with Crippen molar-refractivity contribution >= 4 is 11.8 Å². The van der Waals surface area contributed by atoms with Crippen LogP contribution in [0.2, 0.25) is 0 Å². The van der Waals surface area contributed by atoms with Crippen LogP contribution in [-0.2, 0) is 11.2 Å². The van der Waals surface area contributed by atoms with Crippen LogP contribution in [0.4, 0.5) is 5.69 Å². The van der Waals surface area contributed by atoms with Crippen molar-refractivity contribution in [1.29, 1.82) is 0 Å². The third-order valence-corrected chi connectivity index (χ3v) is 2.79. The van der Waals surface area contributed by atoms with Gasteiger partial charge < -0.3 is 9.47 Å². The summed E-state index contributed by atoms with van der Waals surface area (Å²) in [4.78, 5) is 13.8. The lowest BCUT2D eigenvalue weighted by molar-refractivity contribution is 0.322. The van der Waals surface area contributed by atoms with Crippen molar-refractivity contribution in [2.45, 2.75) is 6.42 Å². The van der Waals surface area contributed by atoms with Gasteiger partial charge >= 0.3 is 0 Å². The van der Waals surface area contributed by atoms with E-state index in [0.717, 1.165) is 17.7 Å². The molecule has 0 atom stereocenters. The third kappa shape index (κ3) is 3.97. The largest absolute Gasteiger partial charge is 0.497 e. The summed E-state index contributed by atoms with van der Waals surface area (Å²) in [7, 11) is 1.65. The van der Waals surface area contributed by atoms with Gasteiger partial charge in [-0.15, -0.1) is 0 Å². The molecular weight excluding hydrogens is 254 g/mol. The van der Waals surface area contributed by atoms with Crippen LogP contribution in [0.5, 0.6) is 11.5 Å². The minimum atomic E-state index is 0.541. The standard InChI is InChI=1S/C16H15NO3/c1-19-15-6-2-4-13(10-15)8-9-20-16-7-3-5-14(11-16)17-12-18/h2-7,10-11H,8-9H2,1H3. The molecule has 0 aliphatic heterocycles. The molecule has 2 aromatic rings. The Balaban J connectivity index is 1.92. The molecule has 0 aliphatic carbocycles. The van der Waals surface area contributed by atoms with Crippen LogP contribution in [0.1, 0.15) is 5.56 Å². The first-order chi connectivity index (χ1) is 9.81. The van der Waals surface area contributed by atoms with Crippen molar-refractivity contribution in [1.82, 2.24) is 0 Å². The van der Waals surface area contributed by atoms with Gasteiger partial charge in [-0.25, -0.2) is 4.79 Å². The van der Waals surface area contributed by atoms with Gasteiger partial charge in [-0.1, -0.05) is 18.2 Å². The van der Waals surface area contributed by atoms with Crippen molar-refractivity contribution < 1.29 is 14.3 Å². The summed E-state index contributed by atoms with van der Waals surface area (Å²) in [5, 5.41) is 0. The minimum absolute atomic E-state index is 0.541. The topological polar surface area (TPSA) is 47.9 Å². The van der Waals surface area contributed by atoms with Gasteiger partial charge in [0.25, 0.3) is 0 Å². The molecule has 0 heterocycles. The normalized spacial score (nSPS) is 9.65. The number of ether oxygens (including phenoxy) is 2. The van der Waals surface area contributed by atoms with Crippen LogP contribution in [0.3, 0.4) is 0 Å². The molecule has 2 rings (SSSR count). The Hall–Kier alpha value is -2.58. The molecule has 0 saturated heterocycles.